The molecule has 7 heteroatoms. The molecule has 3 N–H and O–H groups in total. The first-order valence-corrected chi connectivity index (χ1v) is 16.7. The molecule has 0 saturated carbocycles. The molecule has 0 spiro atoms. The van der Waals surface area contributed by atoms with Crippen LogP contribution in [0.5, 0.6) is 0 Å². The average molecular weight is 621 g/mol. The Kier molecular flexibility index (Phi) is 8.81. The lowest BCUT2D eigenvalue weighted by atomic mass is 9.71. The number of benzene rings is 1. The smallest absolute Gasteiger partial charge is 0.338 e. The number of hydrogen-bond donors (Lipinski definition) is 3. The van der Waals surface area contributed by atoms with Crippen molar-refractivity contribution < 1.29 is 14.6 Å². The highest BCUT2D eigenvalue weighted by Crippen LogP contribution is 2.39. The number of nitrogens with zero attached hydrogens (tertiary/aromatic N) is 2. The quantitative estimate of drug-likeness (QED) is 0.176. The Hall–Kier alpha value is -3.97. The van der Waals surface area contributed by atoms with Gasteiger partial charge in [-0.3, -0.25) is 9.97 Å². The van der Waals surface area contributed by atoms with Crippen LogP contribution in [-0.4, -0.2) is 31.0 Å². The van der Waals surface area contributed by atoms with Gasteiger partial charge in [0, 0.05) is 17.1 Å². The van der Waals surface area contributed by atoms with Crippen molar-refractivity contribution in [2.45, 2.75) is 93.3 Å². The summed E-state index contributed by atoms with van der Waals surface area (Å²) < 4.78 is 5.43. The third-order valence-corrected chi connectivity index (χ3v) is 10.0. The number of esters is 1. The molecule has 2 aliphatic carbocycles. The Balaban J connectivity index is 0.000000172. The number of aromatic nitrogens is 4. The SMILES string of the molecule is CC(C)(C)C1CCc2nc3cc(CO)[nH]c3cc2C1.CC(C)(C)C1CCc2nc3cc(COC(=O)c4ccccc4)[nH]c3cc2C1. The Morgan fingerprint density at radius 2 is 1.28 bits per heavy atom. The second-order valence-electron chi connectivity index (χ2n) is 15.4. The molecule has 7 nitrogen and oxygen atoms in total. The minimum absolute atomic E-state index is 0.0473. The number of rotatable bonds is 4. The van der Waals surface area contributed by atoms with Crippen LogP contribution in [0.15, 0.2) is 54.6 Å². The van der Waals surface area contributed by atoms with E-state index < -0.39 is 0 Å². The molecule has 0 fully saturated rings. The van der Waals surface area contributed by atoms with Crippen LogP contribution in [0.1, 0.15) is 98.6 Å². The van der Waals surface area contributed by atoms with Gasteiger partial charge in [0.05, 0.1) is 39.9 Å². The van der Waals surface area contributed by atoms with Crippen LogP contribution in [0.2, 0.25) is 0 Å². The summed E-state index contributed by atoms with van der Waals surface area (Å²) in [4.78, 5) is 28.3. The van der Waals surface area contributed by atoms with E-state index in [1.54, 1.807) is 12.1 Å². The standard InChI is InChI=1S/C23H26N2O2.C16H22N2O/c1-23(2,3)17-9-10-19-16(11-17)12-20-21(25-19)13-18(24-20)14-27-22(26)15-7-5-4-6-8-15;1-16(2,3)11-4-5-13-10(6-11)7-14-15(18-13)8-12(9-19)17-14/h4-8,12-13,17,24H,9-11,14H2,1-3H3;7-8,11,17,19H,4-6,9H2,1-3H3. The monoisotopic (exact) mass is 620 g/mol. The summed E-state index contributed by atoms with van der Waals surface area (Å²) in [5, 5.41) is 9.19. The van der Waals surface area contributed by atoms with Gasteiger partial charge in [0.2, 0.25) is 0 Å². The fraction of sp³-hybridized carbons (Fsp3) is 0.462. The molecular weight excluding hydrogens is 572 g/mol. The van der Waals surface area contributed by atoms with E-state index in [1.165, 1.54) is 35.4 Å². The second kappa shape index (κ2) is 12.7. The first-order valence-electron chi connectivity index (χ1n) is 16.7. The van der Waals surface area contributed by atoms with Gasteiger partial charge in [-0.25, -0.2) is 4.79 Å². The molecule has 46 heavy (non-hydrogen) atoms. The number of H-pyrrole nitrogens is 2. The summed E-state index contributed by atoms with van der Waals surface area (Å²) in [6.07, 6.45) is 6.74. The lowest BCUT2D eigenvalue weighted by Gasteiger charge is -2.34. The van der Waals surface area contributed by atoms with Gasteiger partial charge in [0.25, 0.3) is 0 Å². The predicted octanol–water partition coefficient (Wildman–Crippen LogP) is 8.28. The maximum absolute atomic E-state index is 12.1. The number of pyridine rings is 2. The van der Waals surface area contributed by atoms with Gasteiger partial charge < -0.3 is 19.8 Å². The fourth-order valence-electron chi connectivity index (χ4n) is 6.97. The number of fused-ring (bicyclic) bond motifs is 4. The number of nitrogens with one attached hydrogen (secondary N) is 2. The zero-order valence-electron chi connectivity index (χ0n) is 28.2. The lowest BCUT2D eigenvalue weighted by Crippen LogP contribution is -2.27. The van der Waals surface area contributed by atoms with Crippen LogP contribution in [-0.2, 0) is 43.6 Å². The number of carbonyl (C=O) groups is 1. The van der Waals surface area contributed by atoms with Gasteiger partial charge in [0.15, 0.2) is 0 Å². The van der Waals surface area contributed by atoms with E-state index in [0.29, 0.717) is 22.3 Å². The molecular formula is C39H48N4O3. The van der Waals surface area contributed by atoms with Gasteiger partial charge in [-0.2, -0.15) is 0 Å². The molecule has 0 amide bonds. The van der Waals surface area contributed by atoms with Crippen LogP contribution in [0.4, 0.5) is 0 Å². The molecule has 0 saturated heterocycles. The molecule has 7 rings (SSSR count). The van der Waals surface area contributed by atoms with Crippen molar-refractivity contribution in [3.8, 4) is 0 Å². The molecule has 1 aromatic carbocycles. The van der Waals surface area contributed by atoms with Gasteiger partial charge in [-0.1, -0.05) is 59.7 Å². The largest absolute Gasteiger partial charge is 0.456 e. The van der Waals surface area contributed by atoms with Crippen molar-refractivity contribution in [1.82, 2.24) is 19.9 Å². The van der Waals surface area contributed by atoms with E-state index in [0.717, 1.165) is 65.1 Å². The average Bonchev–Trinajstić information content (AvgIpc) is 3.63. The molecule has 0 radical (unpaired) electrons. The predicted molar refractivity (Wildman–Crippen MR) is 184 cm³/mol. The second-order valence-corrected chi connectivity index (χ2v) is 15.4. The number of aliphatic hydroxyl groups is 1. The van der Waals surface area contributed by atoms with Crippen molar-refractivity contribution in [1.29, 1.82) is 0 Å². The molecule has 5 aromatic rings. The fourth-order valence-corrected chi connectivity index (χ4v) is 6.97. The zero-order valence-corrected chi connectivity index (χ0v) is 28.2. The van der Waals surface area contributed by atoms with Crippen molar-refractivity contribution in [3.63, 3.8) is 0 Å². The van der Waals surface area contributed by atoms with E-state index >= 15 is 0 Å². The summed E-state index contributed by atoms with van der Waals surface area (Å²) >= 11 is 0. The first-order chi connectivity index (χ1) is 21.9. The van der Waals surface area contributed by atoms with Crippen molar-refractivity contribution >= 4 is 28.0 Å². The summed E-state index contributed by atoms with van der Waals surface area (Å²) in [6, 6.07) is 17.5. The normalized spacial score (nSPS) is 18.1. The van der Waals surface area contributed by atoms with E-state index in [4.69, 9.17) is 14.7 Å². The Morgan fingerprint density at radius 3 is 1.78 bits per heavy atom. The molecule has 2 unspecified atom stereocenters. The Labute approximate surface area is 272 Å². The Bertz CT molecular complexity index is 1840. The topological polar surface area (TPSA) is 104 Å². The lowest BCUT2D eigenvalue weighted by molar-refractivity contribution is 0.0468. The first kappa shape index (κ1) is 32.0. The number of aliphatic hydroxyl groups excluding tert-OH is 1. The number of ether oxygens (including phenoxy) is 1. The van der Waals surface area contributed by atoms with Crippen LogP contribution >= 0.6 is 0 Å². The molecule has 242 valence electrons. The summed E-state index contributed by atoms with van der Waals surface area (Å²) in [5.74, 6) is 1.10. The highest BCUT2D eigenvalue weighted by atomic mass is 16.5. The van der Waals surface area contributed by atoms with Gasteiger partial charge in [-0.05, 0) is 109 Å². The van der Waals surface area contributed by atoms with Gasteiger partial charge in [0.1, 0.15) is 6.61 Å². The minimum atomic E-state index is -0.311. The maximum atomic E-state index is 12.1. The van der Waals surface area contributed by atoms with E-state index in [2.05, 4.69) is 63.6 Å². The molecule has 2 aliphatic rings. The van der Waals surface area contributed by atoms with E-state index in [9.17, 15) is 9.90 Å². The molecule has 0 aliphatic heterocycles. The van der Waals surface area contributed by atoms with Crippen molar-refractivity contribution in [2.75, 3.05) is 0 Å². The summed E-state index contributed by atoms with van der Waals surface area (Å²) in [7, 11) is 0. The third-order valence-electron chi connectivity index (χ3n) is 10.0. The molecule has 0 bridgehead atoms. The molecule has 4 aromatic heterocycles. The number of aryl methyl sites for hydroxylation is 2. The van der Waals surface area contributed by atoms with Crippen molar-refractivity contribution in [2.24, 2.45) is 22.7 Å². The van der Waals surface area contributed by atoms with Gasteiger partial charge >= 0.3 is 5.97 Å². The third kappa shape index (κ3) is 7.05. The highest BCUT2D eigenvalue weighted by molar-refractivity contribution is 5.89. The van der Waals surface area contributed by atoms with Crippen LogP contribution in [0, 0.1) is 22.7 Å². The highest BCUT2D eigenvalue weighted by Gasteiger charge is 2.30. The molecule has 4 heterocycles. The zero-order chi connectivity index (χ0) is 32.6. The van der Waals surface area contributed by atoms with E-state index in [1.807, 2.05) is 30.3 Å². The summed E-state index contributed by atoms with van der Waals surface area (Å²) in [5.41, 5.74) is 12.2. The Morgan fingerprint density at radius 1 is 0.783 bits per heavy atom. The maximum Gasteiger partial charge on any atom is 0.338 e. The van der Waals surface area contributed by atoms with Crippen LogP contribution in [0.3, 0.4) is 0 Å². The molecule has 2 atom stereocenters. The van der Waals surface area contributed by atoms with Crippen molar-refractivity contribution in [3.05, 3.63) is 94.1 Å². The summed E-state index contributed by atoms with van der Waals surface area (Å²) in [6.45, 7) is 14.2. The number of carbonyl (C=O) groups excluding carboxylic acids is 1. The van der Waals surface area contributed by atoms with Crippen LogP contribution < -0.4 is 0 Å². The van der Waals surface area contributed by atoms with Crippen LogP contribution in [0.25, 0.3) is 22.1 Å². The van der Waals surface area contributed by atoms with Gasteiger partial charge in [-0.15, -0.1) is 0 Å². The number of aromatic amines is 2. The number of hydrogen-bond acceptors (Lipinski definition) is 5. The van der Waals surface area contributed by atoms with E-state index in [-0.39, 0.29) is 19.2 Å². The minimum Gasteiger partial charge on any atom is -0.456 e.